The Morgan fingerprint density at radius 1 is 0.973 bits per heavy atom. The van der Waals surface area contributed by atoms with Gasteiger partial charge in [0.2, 0.25) is 0 Å². The fourth-order valence-electron chi connectivity index (χ4n) is 4.60. The molecule has 6 aromatic rings. The molecule has 3 aromatic heterocycles. The van der Waals surface area contributed by atoms with Gasteiger partial charge in [0.15, 0.2) is 11.3 Å². The van der Waals surface area contributed by atoms with Crippen molar-refractivity contribution in [2.24, 2.45) is 0 Å². The zero-order valence-corrected chi connectivity index (χ0v) is 21.2. The fourth-order valence-corrected chi connectivity index (χ4v) is 5.06. The largest absolute Gasteiger partial charge is 0.493 e. The van der Waals surface area contributed by atoms with E-state index in [9.17, 15) is 10.1 Å². The smallest absolute Gasteiger partial charge is 0.345 e. The monoisotopic (exact) mass is 547 g/mol. The predicted octanol–water partition coefficient (Wildman–Crippen LogP) is 7.31. The van der Waals surface area contributed by atoms with Crippen LogP contribution < -0.4 is 10.4 Å². The van der Waals surface area contributed by atoms with E-state index < -0.39 is 5.63 Å². The summed E-state index contributed by atoms with van der Waals surface area (Å²) >= 11 is 3.49. The third kappa shape index (κ3) is 3.88. The lowest BCUT2D eigenvalue weighted by Gasteiger charge is -2.13. The molecule has 0 amide bonds. The quantitative estimate of drug-likeness (QED) is 0.233. The first-order chi connectivity index (χ1) is 18.1. The van der Waals surface area contributed by atoms with Gasteiger partial charge in [0.1, 0.15) is 6.07 Å². The Bertz CT molecular complexity index is 1920. The van der Waals surface area contributed by atoms with Crippen LogP contribution in [0.1, 0.15) is 5.56 Å². The lowest BCUT2D eigenvalue weighted by molar-refractivity contribution is 0.406. The van der Waals surface area contributed by atoms with Gasteiger partial charge in [-0.25, -0.2) is 9.78 Å². The van der Waals surface area contributed by atoms with Crippen LogP contribution in [0.5, 0.6) is 5.75 Å². The number of aromatic amines is 1. The lowest BCUT2D eigenvalue weighted by Crippen LogP contribution is -2.06. The number of nitriles is 1. The lowest BCUT2D eigenvalue weighted by atomic mass is 9.94. The molecular weight excluding hydrogens is 530 g/mol. The van der Waals surface area contributed by atoms with Crippen molar-refractivity contribution in [3.63, 3.8) is 0 Å². The Morgan fingerprint density at radius 3 is 2.54 bits per heavy atom. The number of hydrogen-bond donors (Lipinski definition) is 1. The van der Waals surface area contributed by atoms with Crippen molar-refractivity contribution >= 4 is 37.8 Å². The number of nitrogens with zero attached hydrogens (tertiary/aromatic N) is 2. The fraction of sp³-hybridized carbons (Fsp3) is 0.0333. The minimum Gasteiger partial charge on any atom is -0.493 e. The van der Waals surface area contributed by atoms with E-state index in [4.69, 9.17) is 14.1 Å². The van der Waals surface area contributed by atoms with Gasteiger partial charge in [-0.15, -0.1) is 0 Å². The predicted molar refractivity (Wildman–Crippen MR) is 147 cm³/mol. The molecule has 6 rings (SSSR count). The number of nitrogens with one attached hydrogen (secondary N) is 1. The molecule has 0 saturated heterocycles. The molecule has 178 valence electrons. The van der Waals surface area contributed by atoms with E-state index in [1.807, 2.05) is 66.9 Å². The van der Waals surface area contributed by atoms with Gasteiger partial charge >= 0.3 is 5.63 Å². The topological polar surface area (TPSA) is 91.9 Å². The number of benzene rings is 3. The summed E-state index contributed by atoms with van der Waals surface area (Å²) in [5.74, 6) is 0.449. The summed E-state index contributed by atoms with van der Waals surface area (Å²) in [5.41, 5.74) is 4.65. The summed E-state index contributed by atoms with van der Waals surface area (Å²) < 4.78 is 11.9. The number of methoxy groups -OCH3 is 1. The van der Waals surface area contributed by atoms with Gasteiger partial charge < -0.3 is 14.1 Å². The summed E-state index contributed by atoms with van der Waals surface area (Å²) in [7, 11) is 1.52. The maximum Gasteiger partial charge on any atom is 0.345 e. The Balaban J connectivity index is 1.69. The molecule has 0 radical (unpaired) electrons. The molecule has 0 fully saturated rings. The Kier molecular flexibility index (Phi) is 5.59. The summed E-state index contributed by atoms with van der Waals surface area (Å²) in [5, 5.41) is 11.9. The van der Waals surface area contributed by atoms with Gasteiger partial charge in [-0.2, -0.15) is 5.26 Å². The Hall–Kier alpha value is -4.67. The number of H-pyrrole nitrogens is 1. The van der Waals surface area contributed by atoms with E-state index >= 15 is 0 Å². The molecule has 1 N–H and O–H groups in total. The van der Waals surface area contributed by atoms with E-state index in [2.05, 4.69) is 27.0 Å². The number of ether oxygens (including phenoxy) is 1. The molecule has 0 saturated carbocycles. The molecular formula is C30H18BrN3O3. The van der Waals surface area contributed by atoms with Crippen LogP contribution >= 0.6 is 15.9 Å². The minimum absolute atomic E-state index is 0.287. The molecule has 37 heavy (non-hydrogen) atoms. The third-order valence-electron chi connectivity index (χ3n) is 6.32. The van der Waals surface area contributed by atoms with Crippen molar-refractivity contribution in [2.45, 2.75) is 0 Å². The number of halogens is 1. The average molecular weight is 548 g/mol. The van der Waals surface area contributed by atoms with Crippen LogP contribution in [0.4, 0.5) is 0 Å². The molecule has 0 aliphatic rings. The second-order valence-corrected chi connectivity index (χ2v) is 9.39. The molecule has 0 aliphatic heterocycles. The first kappa shape index (κ1) is 22.8. The van der Waals surface area contributed by atoms with Gasteiger partial charge in [0.25, 0.3) is 0 Å². The third-order valence-corrected chi connectivity index (χ3v) is 6.78. The van der Waals surface area contributed by atoms with Gasteiger partial charge in [-0.05, 0) is 35.9 Å². The van der Waals surface area contributed by atoms with Gasteiger partial charge in [-0.3, -0.25) is 0 Å². The van der Waals surface area contributed by atoms with E-state index in [0.29, 0.717) is 39.2 Å². The first-order valence-corrected chi connectivity index (χ1v) is 12.3. The van der Waals surface area contributed by atoms with Crippen LogP contribution in [0.15, 0.2) is 98.7 Å². The van der Waals surface area contributed by atoms with Crippen molar-refractivity contribution in [2.75, 3.05) is 7.11 Å². The molecule has 3 aromatic carbocycles. The van der Waals surface area contributed by atoms with E-state index in [1.54, 1.807) is 18.2 Å². The number of fused-ring (bicyclic) bond motifs is 2. The average Bonchev–Trinajstić information content (AvgIpc) is 3.36. The second-order valence-electron chi connectivity index (χ2n) is 8.48. The zero-order valence-electron chi connectivity index (χ0n) is 19.6. The summed E-state index contributed by atoms with van der Waals surface area (Å²) in [6, 6.07) is 26.9. The first-order valence-electron chi connectivity index (χ1n) is 11.5. The molecule has 7 heteroatoms. The number of pyridine rings is 1. The highest BCUT2D eigenvalue weighted by Gasteiger charge is 2.21. The van der Waals surface area contributed by atoms with Crippen LogP contribution in [0, 0.1) is 11.3 Å². The molecule has 0 aliphatic carbocycles. The molecule has 0 spiro atoms. The second kappa shape index (κ2) is 9.08. The van der Waals surface area contributed by atoms with Crippen molar-refractivity contribution in [1.82, 2.24) is 9.97 Å². The van der Waals surface area contributed by atoms with Gasteiger partial charge in [0.05, 0.1) is 29.6 Å². The molecule has 6 nitrogen and oxygen atoms in total. The SMILES string of the molecule is COc1cc(Br)cc2cc(-c3cc(-c4ccccc4)c(C#N)c(-c4c[nH]c5ccccc45)n3)c(=O)oc12. The molecule has 3 heterocycles. The highest BCUT2D eigenvalue weighted by Crippen LogP contribution is 2.38. The minimum atomic E-state index is -0.547. The zero-order chi connectivity index (χ0) is 25.5. The van der Waals surface area contributed by atoms with E-state index in [0.717, 1.165) is 26.5 Å². The van der Waals surface area contributed by atoms with E-state index in [-0.39, 0.29) is 5.56 Å². The number of rotatable bonds is 4. The standard InChI is InChI=1S/C30H18BrN3O3/c1-36-27-13-19(31)11-18-12-22(30(35)37-29(18)27)26-14-21(17-7-3-2-4-8-17)23(15-32)28(34-26)24-16-33-25-10-6-5-9-20(24)25/h2-14,16,33H,1H3. The maximum absolute atomic E-state index is 13.3. The van der Waals surface area contributed by atoms with Gasteiger partial charge in [0, 0.05) is 38.1 Å². The summed E-state index contributed by atoms with van der Waals surface area (Å²) in [6.45, 7) is 0. The Labute approximate surface area is 219 Å². The number of hydrogen-bond acceptors (Lipinski definition) is 5. The van der Waals surface area contributed by atoms with Crippen molar-refractivity contribution in [3.8, 4) is 45.5 Å². The molecule has 0 unspecified atom stereocenters. The highest BCUT2D eigenvalue weighted by molar-refractivity contribution is 9.10. The normalized spacial score (nSPS) is 11.1. The number of aromatic nitrogens is 2. The Morgan fingerprint density at radius 2 is 1.76 bits per heavy atom. The van der Waals surface area contributed by atoms with Crippen molar-refractivity contribution in [3.05, 3.63) is 106 Å². The van der Waals surface area contributed by atoms with Crippen LogP contribution in [0.25, 0.3) is 55.5 Å². The van der Waals surface area contributed by atoms with Crippen LogP contribution in [-0.4, -0.2) is 17.1 Å². The highest BCUT2D eigenvalue weighted by atomic mass is 79.9. The maximum atomic E-state index is 13.3. The van der Waals surface area contributed by atoms with Crippen molar-refractivity contribution in [1.29, 1.82) is 5.26 Å². The van der Waals surface area contributed by atoms with Crippen LogP contribution in [0.2, 0.25) is 0 Å². The molecule has 0 bridgehead atoms. The van der Waals surface area contributed by atoms with Crippen LogP contribution in [-0.2, 0) is 0 Å². The van der Waals surface area contributed by atoms with Gasteiger partial charge in [-0.1, -0.05) is 64.5 Å². The summed E-state index contributed by atoms with van der Waals surface area (Å²) in [6.07, 6.45) is 1.84. The van der Waals surface area contributed by atoms with Crippen LogP contribution in [0.3, 0.4) is 0 Å². The summed E-state index contributed by atoms with van der Waals surface area (Å²) in [4.78, 5) is 21.4. The van der Waals surface area contributed by atoms with Crippen molar-refractivity contribution < 1.29 is 9.15 Å². The molecule has 0 atom stereocenters. The van der Waals surface area contributed by atoms with E-state index in [1.165, 1.54) is 7.11 Å². The number of para-hydroxylation sites is 1.